The second-order valence-corrected chi connectivity index (χ2v) is 7.59. The fraction of sp³-hybridized carbons (Fsp3) is 0.200. The van der Waals surface area contributed by atoms with Crippen LogP contribution in [0.4, 0.5) is 5.69 Å². The van der Waals surface area contributed by atoms with Gasteiger partial charge in [-0.1, -0.05) is 12.1 Å². The molecule has 0 spiro atoms. The standard InChI is InChI=1S/C20H19N5O2S/c1-13(14-3-6-16(7-4-14)25-12-21-11-22-25)24(2)20(27)15-5-8-18-17(9-15)23-19(26)10-28-18/h3-9,11-13H,10H2,1-2H3,(H,23,26). The normalized spacial score (nSPS) is 14.1. The van der Waals surface area contributed by atoms with E-state index in [1.807, 2.05) is 43.3 Å². The van der Waals surface area contributed by atoms with E-state index in [0.717, 1.165) is 16.1 Å². The minimum absolute atomic E-state index is 0.0451. The molecule has 0 aliphatic carbocycles. The Balaban J connectivity index is 1.52. The highest BCUT2D eigenvalue weighted by Crippen LogP contribution is 2.32. The third kappa shape index (κ3) is 3.50. The molecule has 0 saturated heterocycles. The molecule has 2 amide bonds. The van der Waals surface area contributed by atoms with Crippen LogP contribution < -0.4 is 5.32 Å². The number of carbonyl (C=O) groups is 2. The van der Waals surface area contributed by atoms with E-state index in [-0.39, 0.29) is 17.9 Å². The number of nitrogens with zero attached hydrogens (tertiary/aromatic N) is 4. The lowest BCUT2D eigenvalue weighted by Crippen LogP contribution is -2.30. The monoisotopic (exact) mass is 393 g/mol. The lowest BCUT2D eigenvalue weighted by molar-refractivity contribution is -0.113. The van der Waals surface area contributed by atoms with Crippen LogP contribution in [-0.4, -0.2) is 44.3 Å². The van der Waals surface area contributed by atoms with Crippen molar-refractivity contribution in [2.75, 3.05) is 18.1 Å². The molecule has 7 nitrogen and oxygen atoms in total. The van der Waals surface area contributed by atoms with E-state index >= 15 is 0 Å². The van der Waals surface area contributed by atoms with Gasteiger partial charge in [0.25, 0.3) is 5.91 Å². The second-order valence-electron chi connectivity index (χ2n) is 6.57. The van der Waals surface area contributed by atoms with Crippen LogP contribution in [0.25, 0.3) is 5.69 Å². The van der Waals surface area contributed by atoms with E-state index in [4.69, 9.17) is 0 Å². The summed E-state index contributed by atoms with van der Waals surface area (Å²) in [5.74, 6) is 0.263. The van der Waals surface area contributed by atoms with E-state index in [9.17, 15) is 9.59 Å². The maximum atomic E-state index is 13.0. The lowest BCUT2D eigenvalue weighted by atomic mass is 10.1. The predicted molar refractivity (Wildman–Crippen MR) is 108 cm³/mol. The van der Waals surface area contributed by atoms with Crippen LogP contribution in [0.15, 0.2) is 60.0 Å². The summed E-state index contributed by atoms with van der Waals surface area (Å²) in [4.78, 5) is 31.2. The SMILES string of the molecule is CC(c1ccc(-n2cncn2)cc1)N(C)C(=O)c1ccc2c(c1)NC(=O)CS2. The van der Waals surface area contributed by atoms with E-state index in [0.29, 0.717) is 17.0 Å². The highest BCUT2D eigenvalue weighted by atomic mass is 32.2. The van der Waals surface area contributed by atoms with E-state index in [1.54, 1.807) is 29.0 Å². The van der Waals surface area contributed by atoms with Gasteiger partial charge >= 0.3 is 0 Å². The molecular formula is C20H19N5O2S. The Kier molecular flexibility index (Phi) is 4.87. The van der Waals surface area contributed by atoms with Gasteiger partial charge in [0.2, 0.25) is 5.91 Å². The molecule has 0 saturated carbocycles. The van der Waals surface area contributed by atoms with Crippen molar-refractivity contribution in [2.24, 2.45) is 0 Å². The van der Waals surface area contributed by atoms with Crippen LogP contribution in [0.3, 0.4) is 0 Å². The zero-order valence-corrected chi connectivity index (χ0v) is 16.3. The molecule has 1 aliphatic rings. The zero-order valence-electron chi connectivity index (χ0n) is 15.5. The molecule has 28 heavy (non-hydrogen) atoms. The minimum Gasteiger partial charge on any atom is -0.335 e. The molecule has 0 radical (unpaired) electrons. The number of hydrogen-bond donors (Lipinski definition) is 1. The van der Waals surface area contributed by atoms with Gasteiger partial charge in [-0.2, -0.15) is 5.10 Å². The van der Waals surface area contributed by atoms with E-state index in [1.165, 1.54) is 18.1 Å². The Labute approximate surface area is 166 Å². The van der Waals surface area contributed by atoms with Crippen LogP contribution in [0.5, 0.6) is 0 Å². The maximum absolute atomic E-state index is 13.0. The summed E-state index contributed by atoms with van der Waals surface area (Å²) in [5.41, 5.74) is 3.17. The number of nitrogens with one attached hydrogen (secondary N) is 1. The first-order chi connectivity index (χ1) is 13.5. The number of carbonyl (C=O) groups excluding carboxylic acids is 2. The summed E-state index contributed by atoms with van der Waals surface area (Å²) in [6.45, 7) is 1.98. The predicted octanol–water partition coefficient (Wildman–Crippen LogP) is 3.14. The Morgan fingerprint density at radius 1 is 1.25 bits per heavy atom. The number of rotatable bonds is 4. The van der Waals surface area contributed by atoms with Crippen molar-refractivity contribution >= 4 is 29.3 Å². The van der Waals surface area contributed by atoms with Gasteiger partial charge in [0.05, 0.1) is 23.2 Å². The van der Waals surface area contributed by atoms with Crippen molar-refractivity contribution in [3.05, 3.63) is 66.2 Å². The van der Waals surface area contributed by atoms with Crippen molar-refractivity contribution in [1.82, 2.24) is 19.7 Å². The number of fused-ring (bicyclic) bond motifs is 1. The molecule has 0 fully saturated rings. The molecule has 0 bridgehead atoms. The van der Waals surface area contributed by atoms with Gasteiger partial charge < -0.3 is 10.2 Å². The molecule has 2 aromatic carbocycles. The summed E-state index contributed by atoms with van der Waals surface area (Å²) >= 11 is 1.48. The topological polar surface area (TPSA) is 80.1 Å². The van der Waals surface area contributed by atoms with Gasteiger partial charge in [-0.15, -0.1) is 11.8 Å². The maximum Gasteiger partial charge on any atom is 0.254 e. The summed E-state index contributed by atoms with van der Waals surface area (Å²) < 4.78 is 1.68. The van der Waals surface area contributed by atoms with Crippen molar-refractivity contribution in [2.45, 2.75) is 17.9 Å². The molecule has 1 unspecified atom stereocenters. The Hall–Kier alpha value is -3.13. The molecule has 8 heteroatoms. The summed E-state index contributed by atoms with van der Waals surface area (Å²) in [7, 11) is 1.78. The van der Waals surface area contributed by atoms with Gasteiger partial charge in [0.1, 0.15) is 12.7 Å². The number of hydrogen-bond acceptors (Lipinski definition) is 5. The third-order valence-corrected chi connectivity index (χ3v) is 5.89. The van der Waals surface area contributed by atoms with Crippen molar-refractivity contribution in [1.29, 1.82) is 0 Å². The number of thioether (sulfide) groups is 1. The number of benzene rings is 2. The van der Waals surface area contributed by atoms with Gasteiger partial charge in [-0.25, -0.2) is 9.67 Å². The fourth-order valence-corrected chi connectivity index (χ4v) is 3.85. The molecule has 142 valence electrons. The number of aromatic nitrogens is 3. The summed E-state index contributed by atoms with van der Waals surface area (Å²) in [6.07, 6.45) is 3.13. The van der Waals surface area contributed by atoms with Gasteiger partial charge in [0, 0.05) is 17.5 Å². The molecule has 1 aromatic heterocycles. The van der Waals surface area contributed by atoms with E-state index in [2.05, 4.69) is 15.4 Å². The average Bonchev–Trinajstić information content (AvgIpc) is 3.26. The van der Waals surface area contributed by atoms with Crippen molar-refractivity contribution in [3.63, 3.8) is 0 Å². The van der Waals surface area contributed by atoms with Crippen LogP contribution in [0.1, 0.15) is 28.9 Å². The highest BCUT2D eigenvalue weighted by Gasteiger charge is 2.22. The van der Waals surface area contributed by atoms with Crippen LogP contribution in [0, 0.1) is 0 Å². The molecule has 1 aliphatic heterocycles. The Morgan fingerprint density at radius 3 is 2.75 bits per heavy atom. The van der Waals surface area contributed by atoms with Gasteiger partial charge in [-0.05, 0) is 42.8 Å². The Morgan fingerprint density at radius 2 is 2.04 bits per heavy atom. The minimum atomic E-state index is -0.114. The third-order valence-electron chi connectivity index (χ3n) is 4.82. The molecule has 3 aromatic rings. The molecule has 4 rings (SSSR count). The lowest BCUT2D eigenvalue weighted by Gasteiger charge is -2.26. The van der Waals surface area contributed by atoms with Gasteiger partial charge in [-0.3, -0.25) is 9.59 Å². The van der Waals surface area contributed by atoms with Crippen LogP contribution >= 0.6 is 11.8 Å². The quantitative estimate of drug-likeness (QED) is 0.737. The van der Waals surface area contributed by atoms with Gasteiger partial charge in [0.15, 0.2) is 0 Å². The van der Waals surface area contributed by atoms with Crippen LogP contribution in [-0.2, 0) is 4.79 Å². The largest absolute Gasteiger partial charge is 0.335 e. The zero-order chi connectivity index (χ0) is 19.7. The van der Waals surface area contributed by atoms with E-state index < -0.39 is 0 Å². The van der Waals surface area contributed by atoms with Crippen LogP contribution in [0.2, 0.25) is 0 Å². The molecule has 1 atom stereocenters. The summed E-state index contributed by atoms with van der Waals surface area (Å²) in [5, 5.41) is 6.94. The molecule has 1 N–H and O–H groups in total. The average molecular weight is 393 g/mol. The highest BCUT2D eigenvalue weighted by molar-refractivity contribution is 8.00. The number of anilines is 1. The molecule has 2 heterocycles. The smallest absolute Gasteiger partial charge is 0.254 e. The first-order valence-electron chi connectivity index (χ1n) is 8.82. The Bertz CT molecular complexity index is 1020. The van der Waals surface area contributed by atoms with Crippen molar-refractivity contribution in [3.8, 4) is 5.69 Å². The first-order valence-corrected chi connectivity index (χ1v) is 9.80. The first kappa shape index (κ1) is 18.2. The van der Waals surface area contributed by atoms with Crippen molar-refractivity contribution < 1.29 is 9.59 Å². The molecular weight excluding hydrogens is 374 g/mol. The summed E-state index contributed by atoms with van der Waals surface area (Å²) in [6, 6.07) is 13.2. The second kappa shape index (κ2) is 7.47. The fourth-order valence-electron chi connectivity index (χ4n) is 3.07. The number of amides is 2.